The Morgan fingerprint density at radius 2 is 2.00 bits per heavy atom. The summed E-state index contributed by atoms with van der Waals surface area (Å²) in [6, 6.07) is 13.3. The van der Waals surface area contributed by atoms with Gasteiger partial charge in [-0.15, -0.1) is 0 Å². The van der Waals surface area contributed by atoms with Crippen molar-refractivity contribution in [1.29, 1.82) is 5.26 Å². The van der Waals surface area contributed by atoms with Crippen molar-refractivity contribution in [3.8, 4) is 28.8 Å². The molecule has 4 rings (SSSR count). The molecule has 0 spiro atoms. The molecule has 1 fully saturated rings. The number of aromatic nitrogens is 3. The number of rotatable bonds is 6. The molecule has 158 valence electrons. The number of anilines is 1. The van der Waals surface area contributed by atoms with Gasteiger partial charge in [0.1, 0.15) is 17.4 Å². The quantitative estimate of drug-likeness (QED) is 0.653. The molecule has 2 aromatic heterocycles. The number of ether oxygens (including phenoxy) is 2. The fourth-order valence-corrected chi connectivity index (χ4v) is 3.44. The van der Waals surface area contributed by atoms with Crippen LogP contribution < -0.4 is 15.4 Å². The van der Waals surface area contributed by atoms with E-state index >= 15 is 0 Å². The lowest BCUT2D eigenvalue weighted by Gasteiger charge is -2.28. The van der Waals surface area contributed by atoms with Crippen LogP contribution in [0, 0.1) is 18.3 Å². The van der Waals surface area contributed by atoms with Crippen LogP contribution >= 0.6 is 0 Å². The van der Waals surface area contributed by atoms with Crippen LogP contribution in [-0.2, 0) is 11.2 Å². The number of nitriles is 1. The maximum Gasteiger partial charge on any atom is 0.224 e. The predicted octanol–water partition coefficient (Wildman–Crippen LogP) is 2.85. The lowest BCUT2D eigenvalue weighted by atomic mass is 10.0. The fourth-order valence-electron chi connectivity index (χ4n) is 3.44. The Balaban J connectivity index is 1.67. The van der Waals surface area contributed by atoms with Gasteiger partial charge in [0.15, 0.2) is 0 Å². The smallest absolute Gasteiger partial charge is 0.224 e. The maximum atomic E-state index is 9.37. The summed E-state index contributed by atoms with van der Waals surface area (Å²) < 4.78 is 11.6. The molecule has 1 aromatic carbocycles. The molecule has 0 radical (unpaired) electrons. The molecule has 1 saturated heterocycles. The molecule has 1 aliphatic heterocycles. The highest BCUT2D eigenvalue weighted by atomic mass is 16.5. The highest BCUT2D eigenvalue weighted by molar-refractivity contribution is 5.71. The van der Waals surface area contributed by atoms with Gasteiger partial charge in [-0.25, -0.2) is 4.98 Å². The van der Waals surface area contributed by atoms with Crippen LogP contribution in [0.2, 0.25) is 0 Å². The Labute approximate surface area is 181 Å². The van der Waals surface area contributed by atoms with Gasteiger partial charge < -0.3 is 20.1 Å². The van der Waals surface area contributed by atoms with E-state index in [0.717, 1.165) is 42.1 Å². The summed E-state index contributed by atoms with van der Waals surface area (Å²) in [5, 5.41) is 9.37. The molecule has 0 atom stereocenters. The van der Waals surface area contributed by atoms with E-state index in [-0.39, 0.29) is 0 Å². The minimum absolute atomic E-state index is 0.429. The first kappa shape index (κ1) is 20.7. The number of hydrogen-bond donors (Lipinski definition) is 1. The van der Waals surface area contributed by atoms with Crippen molar-refractivity contribution in [3.05, 3.63) is 59.7 Å². The van der Waals surface area contributed by atoms with Gasteiger partial charge >= 0.3 is 0 Å². The van der Waals surface area contributed by atoms with Crippen LogP contribution in [0.15, 0.2) is 42.6 Å². The van der Waals surface area contributed by atoms with Crippen LogP contribution in [0.1, 0.15) is 17.1 Å². The highest BCUT2D eigenvalue weighted by Gasteiger charge is 2.16. The van der Waals surface area contributed by atoms with E-state index in [1.807, 2.05) is 31.2 Å². The molecule has 31 heavy (non-hydrogen) atoms. The molecule has 8 heteroatoms. The van der Waals surface area contributed by atoms with Gasteiger partial charge in [-0.2, -0.15) is 10.2 Å². The van der Waals surface area contributed by atoms with E-state index in [1.54, 1.807) is 18.3 Å². The van der Waals surface area contributed by atoms with Crippen molar-refractivity contribution in [3.63, 3.8) is 0 Å². The standard InChI is InChI=1S/C23H24N6O2/c1-16-27-22(29-8-10-30-11-9-29)13-23(28-16)31-21-12-17(14-25)2-5-20(21)18-3-4-19(6-7-24)26-15-18/h2-5,12-13,15H,6-11,24H2,1H3. The number of pyridine rings is 1. The number of nitrogens with two attached hydrogens (primary N) is 1. The van der Waals surface area contributed by atoms with Gasteiger partial charge in [0.25, 0.3) is 0 Å². The first-order valence-corrected chi connectivity index (χ1v) is 10.2. The molecule has 0 unspecified atom stereocenters. The molecule has 1 aliphatic rings. The SMILES string of the molecule is Cc1nc(Oc2cc(C#N)ccc2-c2ccc(CCN)nc2)cc(N2CCOCC2)n1. The molecule has 0 aliphatic carbocycles. The molecule has 0 amide bonds. The van der Waals surface area contributed by atoms with Crippen LogP contribution in [0.25, 0.3) is 11.1 Å². The van der Waals surface area contributed by atoms with Crippen molar-refractivity contribution in [2.24, 2.45) is 5.73 Å². The summed E-state index contributed by atoms with van der Waals surface area (Å²) in [6.45, 7) is 5.26. The lowest BCUT2D eigenvalue weighted by Crippen LogP contribution is -2.36. The Hall–Kier alpha value is -3.54. The number of nitrogens with zero attached hydrogens (tertiary/aromatic N) is 5. The first-order valence-electron chi connectivity index (χ1n) is 10.2. The average Bonchev–Trinajstić information content (AvgIpc) is 2.80. The van der Waals surface area contributed by atoms with Gasteiger partial charge in [0, 0.05) is 48.6 Å². The molecule has 0 saturated carbocycles. The summed E-state index contributed by atoms with van der Waals surface area (Å²) in [5.74, 6) is 2.39. The number of benzene rings is 1. The topological polar surface area (TPSA) is 110 Å². The van der Waals surface area contributed by atoms with Gasteiger partial charge in [-0.05, 0) is 37.7 Å². The molecule has 0 bridgehead atoms. The van der Waals surface area contributed by atoms with Crippen molar-refractivity contribution >= 4 is 5.82 Å². The maximum absolute atomic E-state index is 9.37. The number of hydrogen-bond acceptors (Lipinski definition) is 8. The summed E-state index contributed by atoms with van der Waals surface area (Å²) in [4.78, 5) is 15.6. The van der Waals surface area contributed by atoms with Crippen molar-refractivity contribution in [2.75, 3.05) is 37.7 Å². The zero-order valence-corrected chi connectivity index (χ0v) is 17.4. The molecule has 3 heterocycles. The average molecular weight is 416 g/mol. The fraction of sp³-hybridized carbons (Fsp3) is 0.304. The largest absolute Gasteiger partial charge is 0.438 e. The molecule has 8 nitrogen and oxygen atoms in total. The third-order valence-electron chi connectivity index (χ3n) is 5.00. The Morgan fingerprint density at radius 3 is 2.71 bits per heavy atom. The molecule has 3 aromatic rings. The summed E-state index contributed by atoms with van der Waals surface area (Å²) in [5.41, 5.74) is 8.77. The van der Waals surface area contributed by atoms with Gasteiger partial charge in [0.2, 0.25) is 5.88 Å². The third-order valence-corrected chi connectivity index (χ3v) is 5.00. The predicted molar refractivity (Wildman–Crippen MR) is 117 cm³/mol. The Morgan fingerprint density at radius 1 is 1.16 bits per heavy atom. The van der Waals surface area contributed by atoms with Crippen molar-refractivity contribution in [1.82, 2.24) is 15.0 Å². The summed E-state index contributed by atoms with van der Waals surface area (Å²) in [7, 11) is 0. The van der Waals surface area contributed by atoms with Crippen LogP contribution in [-0.4, -0.2) is 47.8 Å². The van der Waals surface area contributed by atoms with E-state index in [1.165, 1.54) is 0 Å². The number of morpholine rings is 1. The molecular formula is C23H24N6O2. The van der Waals surface area contributed by atoms with E-state index in [4.69, 9.17) is 15.2 Å². The van der Waals surface area contributed by atoms with Crippen LogP contribution in [0.3, 0.4) is 0 Å². The lowest BCUT2D eigenvalue weighted by molar-refractivity contribution is 0.122. The Bertz CT molecular complexity index is 1090. The first-order chi connectivity index (χ1) is 15.2. The zero-order chi connectivity index (χ0) is 21.6. The van der Waals surface area contributed by atoms with E-state index in [0.29, 0.717) is 42.8 Å². The Kier molecular flexibility index (Phi) is 6.36. The van der Waals surface area contributed by atoms with Gasteiger partial charge in [-0.1, -0.05) is 6.07 Å². The highest BCUT2D eigenvalue weighted by Crippen LogP contribution is 2.34. The summed E-state index contributed by atoms with van der Waals surface area (Å²) >= 11 is 0. The molecule has 2 N–H and O–H groups in total. The van der Waals surface area contributed by atoms with E-state index in [9.17, 15) is 5.26 Å². The summed E-state index contributed by atoms with van der Waals surface area (Å²) in [6.07, 6.45) is 2.52. The second-order valence-corrected chi connectivity index (χ2v) is 7.21. The van der Waals surface area contributed by atoms with E-state index in [2.05, 4.69) is 25.9 Å². The van der Waals surface area contributed by atoms with Crippen molar-refractivity contribution in [2.45, 2.75) is 13.3 Å². The number of aryl methyl sites for hydroxylation is 1. The second-order valence-electron chi connectivity index (χ2n) is 7.21. The second kappa shape index (κ2) is 9.51. The minimum atomic E-state index is 0.429. The zero-order valence-electron chi connectivity index (χ0n) is 17.4. The third kappa shape index (κ3) is 4.97. The normalized spacial score (nSPS) is 13.6. The molecular weight excluding hydrogens is 392 g/mol. The van der Waals surface area contributed by atoms with Crippen LogP contribution in [0.4, 0.5) is 5.82 Å². The van der Waals surface area contributed by atoms with Gasteiger partial charge in [0.05, 0.1) is 24.8 Å². The van der Waals surface area contributed by atoms with Crippen LogP contribution in [0.5, 0.6) is 11.6 Å². The minimum Gasteiger partial charge on any atom is -0.438 e. The van der Waals surface area contributed by atoms with E-state index < -0.39 is 0 Å². The van der Waals surface area contributed by atoms with Crippen molar-refractivity contribution < 1.29 is 9.47 Å². The monoisotopic (exact) mass is 416 g/mol. The van der Waals surface area contributed by atoms with Gasteiger partial charge in [-0.3, -0.25) is 4.98 Å².